The molecule has 0 bridgehead atoms. The molecule has 0 radical (unpaired) electrons. The molecule has 2 heterocycles. The molecule has 0 unspecified atom stereocenters. The van der Waals surface area contributed by atoms with E-state index in [0.29, 0.717) is 25.9 Å². The molecule has 1 aromatic carbocycles. The summed E-state index contributed by atoms with van der Waals surface area (Å²) in [5.74, 6) is -0.310. The van der Waals surface area contributed by atoms with Gasteiger partial charge in [0.15, 0.2) is 0 Å². The summed E-state index contributed by atoms with van der Waals surface area (Å²) < 4.78 is 0. The van der Waals surface area contributed by atoms with Crippen molar-refractivity contribution in [2.24, 2.45) is 5.41 Å². The molecule has 0 aromatic heterocycles. The van der Waals surface area contributed by atoms with Crippen LogP contribution in [0.2, 0.25) is 0 Å². The zero-order chi connectivity index (χ0) is 15.3. The second-order valence-electron chi connectivity index (χ2n) is 6.40. The first-order valence-electron chi connectivity index (χ1n) is 7.28. The smallest absolute Gasteiger partial charge is 0.259 e. The third-order valence-corrected chi connectivity index (χ3v) is 4.62. The average Bonchev–Trinajstić information content (AvgIpc) is 2.50. The van der Waals surface area contributed by atoms with E-state index in [1.54, 1.807) is 18.9 Å². The summed E-state index contributed by atoms with van der Waals surface area (Å²) in [5.41, 5.74) is -0.872. The van der Waals surface area contributed by atoms with E-state index >= 15 is 0 Å². The number of nitrogens with zero attached hydrogens (tertiary/aromatic N) is 2. The molecule has 0 atom stereocenters. The van der Waals surface area contributed by atoms with Gasteiger partial charge in [0, 0.05) is 13.1 Å². The number of hydrogen-bond donors (Lipinski definition) is 1. The zero-order valence-corrected chi connectivity index (χ0v) is 12.4. The fraction of sp³-hybridized carbons (Fsp3) is 0.500. The Morgan fingerprint density at radius 1 is 1.00 bits per heavy atom. The molecule has 0 saturated carbocycles. The maximum absolute atomic E-state index is 12.0. The van der Waals surface area contributed by atoms with Crippen LogP contribution in [0.4, 0.5) is 0 Å². The molecular weight excluding hydrogens is 268 g/mol. The minimum atomic E-state index is -0.896. The Hall–Kier alpha value is -1.72. The molecule has 0 aliphatic carbocycles. The van der Waals surface area contributed by atoms with Gasteiger partial charge in [-0.15, -0.1) is 0 Å². The number of carbonyl (C=O) groups is 2. The maximum Gasteiger partial charge on any atom is 0.259 e. The summed E-state index contributed by atoms with van der Waals surface area (Å²) in [6, 6.07) is 9.56. The number of carbonyl (C=O) groups excluding carboxylic acids is 2. The van der Waals surface area contributed by atoms with E-state index in [-0.39, 0.29) is 11.8 Å². The van der Waals surface area contributed by atoms with Crippen molar-refractivity contribution in [1.82, 2.24) is 10.0 Å². The van der Waals surface area contributed by atoms with Crippen LogP contribution in [-0.4, -0.2) is 40.0 Å². The number of hydrogen-bond acceptors (Lipinski definition) is 4. The third kappa shape index (κ3) is 2.08. The number of β-lactam (4-membered cyclic amide) rings is 2. The number of rotatable bonds is 2. The SMILES string of the molecule is CC1(C)C(=O)N(N2CCC(O)(c3ccccc3)CC2)C1=O. The van der Waals surface area contributed by atoms with Crippen molar-refractivity contribution in [2.75, 3.05) is 13.1 Å². The van der Waals surface area contributed by atoms with Crippen molar-refractivity contribution < 1.29 is 14.7 Å². The monoisotopic (exact) mass is 288 g/mol. The molecular formula is C16H20N2O3. The van der Waals surface area contributed by atoms with Gasteiger partial charge in [-0.05, 0) is 32.3 Å². The van der Waals surface area contributed by atoms with Gasteiger partial charge in [-0.25, -0.2) is 10.0 Å². The van der Waals surface area contributed by atoms with Crippen LogP contribution in [0.5, 0.6) is 0 Å². The van der Waals surface area contributed by atoms with Crippen LogP contribution in [0.15, 0.2) is 30.3 Å². The van der Waals surface area contributed by atoms with E-state index < -0.39 is 11.0 Å². The van der Waals surface area contributed by atoms with Crippen LogP contribution >= 0.6 is 0 Å². The summed E-state index contributed by atoms with van der Waals surface area (Å²) in [4.78, 5) is 24.1. The minimum Gasteiger partial charge on any atom is -0.385 e. The third-order valence-electron chi connectivity index (χ3n) is 4.62. The van der Waals surface area contributed by atoms with Gasteiger partial charge in [-0.1, -0.05) is 30.3 Å². The topological polar surface area (TPSA) is 60.9 Å². The lowest BCUT2D eigenvalue weighted by Crippen LogP contribution is -2.70. The van der Waals surface area contributed by atoms with E-state index in [1.165, 1.54) is 5.01 Å². The number of benzene rings is 1. The number of amides is 2. The fourth-order valence-corrected chi connectivity index (χ4v) is 3.02. The number of piperidine rings is 1. The Bertz CT molecular complexity index is 556. The molecule has 112 valence electrons. The van der Waals surface area contributed by atoms with Gasteiger partial charge < -0.3 is 5.11 Å². The minimum absolute atomic E-state index is 0.155. The molecule has 1 aromatic rings. The lowest BCUT2D eigenvalue weighted by Gasteiger charge is -2.50. The maximum atomic E-state index is 12.0. The Labute approximate surface area is 124 Å². The fourth-order valence-electron chi connectivity index (χ4n) is 3.02. The predicted octanol–water partition coefficient (Wildman–Crippen LogP) is 1.28. The summed E-state index contributed by atoms with van der Waals surface area (Å²) in [7, 11) is 0. The van der Waals surface area contributed by atoms with Crippen LogP contribution in [0.1, 0.15) is 32.3 Å². The van der Waals surface area contributed by atoms with E-state index in [0.717, 1.165) is 5.56 Å². The Balaban J connectivity index is 1.69. The van der Waals surface area contributed by atoms with Crippen molar-refractivity contribution in [2.45, 2.75) is 32.3 Å². The van der Waals surface area contributed by atoms with Gasteiger partial charge >= 0.3 is 0 Å². The van der Waals surface area contributed by atoms with E-state index in [4.69, 9.17) is 0 Å². The molecule has 5 heteroatoms. The summed E-state index contributed by atoms with van der Waals surface area (Å²) in [5, 5.41) is 13.8. The molecule has 2 saturated heterocycles. The Morgan fingerprint density at radius 3 is 2.05 bits per heavy atom. The summed E-state index contributed by atoms with van der Waals surface area (Å²) in [6.45, 7) is 4.30. The Kier molecular flexibility index (Phi) is 3.15. The first kappa shape index (κ1) is 14.2. The standard InChI is InChI=1S/C16H20N2O3/c1-15(2)13(19)18(14(15)20)17-10-8-16(21,9-11-17)12-6-4-3-5-7-12/h3-7,21H,8-11H2,1-2H3. The molecule has 5 nitrogen and oxygen atoms in total. The van der Waals surface area contributed by atoms with Crippen molar-refractivity contribution in [3.8, 4) is 0 Å². The molecule has 2 fully saturated rings. The van der Waals surface area contributed by atoms with Gasteiger partial charge in [0.05, 0.1) is 5.60 Å². The van der Waals surface area contributed by atoms with Gasteiger partial charge in [0.1, 0.15) is 5.41 Å². The summed E-state index contributed by atoms with van der Waals surface area (Å²) in [6.07, 6.45) is 1.02. The normalized spacial score (nSPS) is 24.8. The lowest BCUT2D eigenvalue weighted by molar-refractivity contribution is -0.203. The van der Waals surface area contributed by atoms with Crippen LogP contribution in [0.3, 0.4) is 0 Å². The molecule has 3 rings (SSSR count). The zero-order valence-electron chi connectivity index (χ0n) is 12.4. The highest BCUT2D eigenvalue weighted by atomic mass is 16.3. The van der Waals surface area contributed by atoms with Crippen molar-refractivity contribution in [3.63, 3.8) is 0 Å². The van der Waals surface area contributed by atoms with Gasteiger partial charge in [-0.2, -0.15) is 0 Å². The first-order chi connectivity index (χ1) is 9.86. The van der Waals surface area contributed by atoms with Gasteiger partial charge in [0.2, 0.25) is 0 Å². The molecule has 1 N–H and O–H groups in total. The summed E-state index contributed by atoms with van der Waals surface area (Å²) >= 11 is 0. The van der Waals surface area contributed by atoms with Gasteiger partial charge in [-0.3, -0.25) is 9.59 Å². The van der Waals surface area contributed by atoms with Gasteiger partial charge in [0.25, 0.3) is 11.8 Å². The molecule has 2 aliphatic heterocycles. The molecule has 0 spiro atoms. The van der Waals surface area contributed by atoms with E-state index in [2.05, 4.69) is 0 Å². The number of imide groups is 1. The first-order valence-corrected chi connectivity index (χ1v) is 7.28. The quantitative estimate of drug-likeness (QED) is 0.658. The highest BCUT2D eigenvalue weighted by molar-refractivity contribution is 6.20. The van der Waals surface area contributed by atoms with Crippen molar-refractivity contribution >= 4 is 11.8 Å². The lowest BCUT2D eigenvalue weighted by atomic mass is 9.82. The molecule has 2 aliphatic rings. The van der Waals surface area contributed by atoms with Crippen LogP contribution in [0.25, 0.3) is 0 Å². The van der Waals surface area contributed by atoms with Crippen LogP contribution in [0, 0.1) is 5.41 Å². The van der Waals surface area contributed by atoms with E-state index in [9.17, 15) is 14.7 Å². The average molecular weight is 288 g/mol. The highest BCUT2D eigenvalue weighted by Crippen LogP contribution is 2.38. The second-order valence-corrected chi connectivity index (χ2v) is 6.40. The largest absolute Gasteiger partial charge is 0.385 e. The number of aliphatic hydroxyl groups is 1. The Morgan fingerprint density at radius 2 is 1.52 bits per heavy atom. The predicted molar refractivity (Wildman–Crippen MR) is 76.8 cm³/mol. The van der Waals surface area contributed by atoms with E-state index in [1.807, 2.05) is 30.3 Å². The molecule has 2 amide bonds. The molecule has 21 heavy (non-hydrogen) atoms. The van der Waals surface area contributed by atoms with Crippen molar-refractivity contribution in [3.05, 3.63) is 35.9 Å². The van der Waals surface area contributed by atoms with Crippen LogP contribution in [-0.2, 0) is 15.2 Å². The van der Waals surface area contributed by atoms with Crippen molar-refractivity contribution in [1.29, 1.82) is 0 Å². The highest BCUT2D eigenvalue weighted by Gasteiger charge is 2.57. The second kappa shape index (κ2) is 4.64. The number of hydrazine groups is 1. The van der Waals surface area contributed by atoms with Crippen LogP contribution < -0.4 is 0 Å².